The molecule has 2 heterocycles. The van der Waals surface area contributed by atoms with Crippen LogP contribution in [0.3, 0.4) is 0 Å². The van der Waals surface area contributed by atoms with E-state index in [4.69, 9.17) is 4.74 Å². The van der Waals surface area contributed by atoms with E-state index in [1.54, 1.807) is 17.7 Å². The molecule has 152 valence electrons. The first-order chi connectivity index (χ1) is 15.3. The van der Waals surface area contributed by atoms with Crippen LogP contribution in [0.15, 0.2) is 90.6 Å². The van der Waals surface area contributed by atoms with E-state index in [0.717, 1.165) is 45.2 Å². The van der Waals surface area contributed by atoms with Gasteiger partial charge in [-0.1, -0.05) is 49.4 Å². The second kappa shape index (κ2) is 8.58. The van der Waals surface area contributed by atoms with E-state index in [2.05, 4.69) is 51.9 Å². The van der Waals surface area contributed by atoms with E-state index >= 15 is 0 Å². The Kier molecular flexibility index (Phi) is 5.33. The van der Waals surface area contributed by atoms with Crippen molar-refractivity contribution in [3.8, 4) is 22.6 Å². The number of ether oxygens (including phenoxy) is 1. The van der Waals surface area contributed by atoms with E-state index in [-0.39, 0.29) is 0 Å². The van der Waals surface area contributed by atoms with Crippen molar-refractivity contribution in [2.75, 3.05) is 5.32 Å². The van der Waals surface area contributed by atoms with Crippen LogP contribution >= 0.6 is 11.3 Å². The maximum Gasteiger partial charge on any atom is 0.143 e. The largest absolute Gasteiger partial charge is 0.457 e. The van der Waals surface area contributed by atoms with Crippen LogP contribution in [0.5, 0.6) is 11.5 Å². The van der Waals surface area contributed by atoms with E-state index in [9.17, 15) is 0 Å². The predicted molar refractivity (Wildman–Crippen MR) is 128 cm³/mol. The third kappa shape index (κ3) is 4.13. The molecule has 0 unspecified atom stereocenters. The van der Waals surface area contributed by atoms with E-state index in [1.807, 2.05) is 54.6 Å². The smallest absolute Gasteiger partial charge is 0.143 e. The number of aryl methyl sites for hydroxylation is 1. The molecule has 2 aromatic heterocycles. The van der Waals surface area contributed by atoms with Gasteiger partial charge < -0.3 is 10.1 Å². The lowest BCUT2D eigenvalue weighted by Gasteiger charge is -2.10. The summed E-state index contributed by atoms with van der Waals surface area (Å²) >= 11 is 1.64. The Morgan fingerprint density at radius 3 is 2.32 bits per heavy atom. The van der Waals surface area contributed by atoms with Crippen molar-refractivity contribution in [1.82, 2.24) is 9.97 Å². The molecule has 0 radical (unpaired) electrons. The molecular formula is C26H21N3OS. The van der Waals surface area contributed by atoms with Gasteiger partial charge in [-0.05, 0) is 53.9 Å². The number of nitrogens with zero attached hydrogens (tertiary/aromatic N) is 2. The molecular weight excluding hydrogens is 402 g/mol. The van der Waals surface area contributed by atoms with Gasteiger partial charge in [0.05, 0.1) is 5.39 Å². The van der Waals surface area contributed by atoms with Crippen LogP contribution in [-0.2, 0) is 6.42 Å². The highest BCUT2D eigenvalue weighted by molar-refractivity contribution is 7.17. The summed E-state index contributed by atoms with van der Waals surface area (Å²) in [4.78, 5) is 9.98. The molecule has 1 N–H and O–H groups in total. The lowest BCUT2D eigenvalue weighted by molar-refractivity contribution is 0.483. The Labute approximate surface area is 185 Å². The number of rotatable bonds is 6. The topological polar surface area (TPSA) is 47.0 Å². The zero-order valence-corrected chi connectivity index (χ0v) is 17.9. The fourth-order valence-electron chi connectivity index (χ4n) is 3.47. The number of benzene rings is 3. The number of hydrogen-bond acceptors (Lipinski definition) is 5. The Morgan fingerprint density at radius 2 is 1.58 bits per heavy atom. The Bertz CT molecular complexity index is 1300. The standard InChI is InChI=1S/C26H21N3OS/c1-2-18-8-10-19(11-9-18)23-16-31-26-24(23)25(27-17-28-26)29-20-12-14-22(15-13-20)30-21-6-4-3-5-7-21/h3-17H,2H2,1H3,(H,27,28,29). The van der Waals surface area contributed by atoms with Gasteiger partial charge >= 0.3 is 0 Å². The summed E-state index contributed by atoms with van der Waals surface area (Å²) in [5.41, 5.74) is 4.59. The Morgan fingerprint density at radius 1 is 0.839 bits per heavy atom. The molecule has 0 amide bonds. The molecule has 0 fully saturated rings. The van der Waals surface area contributed by atoms with Crippen molar-refractivity contribution in [2.45, 2.75) is 13.3 Å². The zero-order valence-electron chi connectivity index (χ0n) is 17.1. The van der Waals surface area contributed by atoms with Crippen LogP contribution in [0.25, 0.3) is 21.3 Å². The first kappa shape index (κ1) is 19.3. The van der Waals surface area contributed by atoms with Gasteiger partial charge in [-0.15, -0.1) is 11.3 Å². The fourth-order valence-corrected chi connectivity index (χ4v) is 4.39. The quantitative estimate of drug-likeness (QED) is 0.308. The highest BCUT2D eigenvalue weighted by Gasteiger charge is 2.13. The summed E-state index contributed by atoms with van der Waals surface area (Å²) in [7, 11) is 0. The van der Waals surface area contributed by atoms with Crippen LogP contribution in [-0.4, -0.2) is 9.97 Å². The molecule has 5 rings (SSSR count). The number of para-hydroxylation sites is 1. The van der Waals surface area contributed by atoms with Crippen LogP contribution in [0.1, 0.15) is 12.5 Å². The van der Waals surface area contributed by atoms with Gasteiger partial charge in [0.1, 0.15) is 28.5 Å². The van der Waals surface area contributed by atoms with Crippen LogP contribution in [0.4, 0.5) is 11.5 Å². The van der Waals surface area contributed by atoms with Crippen molar-refractivity contribution in [2.24, 2.45) is 0 Å². The van der Waals surface area contributed by atoms with Gasteiger partial charge in [0.15, 0.2) is 0 Å². The van der Waals surface area contributed by atoms with Gasteiger partial charge in [0.2, 0.25) is 0 Å². The second-order valence-corrected chi connectivity index (χ2v) is 8.02. The van der Waals surface area contributed by atoms with Crippen molar-refractivity contribution < 1.29 is 4.74 Å². The molecule has 3 aromatic carbocycles. The predicted octanol–water partition coefficient (Wildman–Crippen LogP) is 7.46. The summed E-state index contributed by atoms with van der Waals surface area (Å²) < 4.78 is 5.89. The Balaban J connectivity index is 1.43. The minimum atomic E-state index is 0.789. The monoisotopic (exact) mass is 423 g/mol. The van der Waals surface area contributed by atoms with Gasteiger partial charge in [0.25, 0.3) is 0 Å². The summed E-state index contributed by atoms with van der Waals surface area (Å²) in [5.74, 6) is 2.41. The first-order valence-electron chi connectivity index (χ1n) is 10.2. The van der Waals surface area contributed by atoms with Gasteiger partial charge in [0, 0.05) is 16.6 Å². The van der Waals surface area contributed by atoms with E-state index in [0.29, 0.717) is 0 Å². The third-order valence-electron chi connectivity index (χ3n) is 5.14. The van der Waals surface area contributed by atoms with Gasteiger partial charge in [-0.25, -0.2) is 9.97 Å². The lowest BCUT2D eigenvalue weighted by Crippen LogP contribution is -1.95. The number of fused-ring (bicyclic) bond motifs is 1. The molecule has 0 spiro atoms. The lowest BCUT2D eigenvalue weighted by atomic mass is 10.0. The second-order valence-electron chi connectivity index (χ2n) is 7.17. The fraction of sp³-hybridized carbons (Fsp3) is 0.0769. The summed E-state index contributed by atoms with van der Waals surface area (Å²) in [6.07, 6.45) is 2.64. The molecule has 0 saturated carbocycles. The van der Waals surface area contributed by atoms with Crippen molar-refractivity contribution in [3.05, 3.63) is 96.1 Å². The molecule has 0 aliphatic rings. The van der Waals surface area contributed by atoms with E-state index < -0.39 is 0 Å². The first-order valence-corrected chi connectivity index (χ1v) is 11.1. The maximum atomic E-state index is 5.89. The van der Waals surface area contributed by atoms with Crippen LogP contribution < -0.4 is 10.1 Å². The number of anilines is 2. The number of hydrogen-bond donors (Lipinski definition) is 1. The van der Waals surface area contributed by atoms with E-state index in [1.165, 1.54) is 11.1 Å². The molecule has 0 saturated heterocycles. The molecule has 5 aromatic rings. The molecule has 0 atom stereocenters. The third-order valence-corrected chi connectivity index (χ3v) is 6.03. The number of thiophene rings is 1. The average molecular weight is 424 g/mol. The molecule has 31 heavy (non-hydrogen) atoms. The molecule has 0 aliphatic carbocycles. The van der Waals surface area contributed by atoms with Crippen molar-refractivity contribution >= 4 is 33.1 Å². The van der Waals surface area contributed by atoms with Gasteiger partial charge in [-0.2, -0.15) is 0 Å². The zero-order chi connectivity index (χ0) is 21.0. The maximum absolute atomic E-state index is 5.89. The van der Waals surface area contributed by atoms with Crippen molar-refractivity contribution in [1.29, 1.82) is 0 Å². The molecule has 0 aliphatic heterocycles. The number of aromatic nitrogens is 2. The summed E-state index contributed by atoms with van der Waals surface area (Å²) in [6.45, 7) is 2.17. The van der Waals surface area contributed by atoms with Gasteiger partial charge in [-0.3, -0.25) is 0 Å². The molecule has 0 bridgehead atoms. The minimum Gasteiger partial charge on any atom is -0.457 e. The summed E-state index contributed by atoms with van der Waals surface area (Å²) in [5, 5.41) is 6.65. The summed E-state index contributed by atoms with van der Waals surface area (Å²) in [6, 6.07) is 26.4. The van der Waals surface area contributed by atoms with Crippen LogP contribution in [0.2, 0.25) is 0 Å². The minimum absolute atomic E-state index is 0.789. The molecule has 4 nitrogen and oxygen atoms in total. The SMILES string of the molecule is CCc1ccc(-c2csc3ncnc(Nc4ccc(Oc5ccccc5)cc4)c23)cc1. The molecule has 5 heteroatoms. The highest BCUT2D eigenvalue weighted by atomic mass is 32.1. The average Bonchev–Trinajstić information content (AvgIpc) is 3.26. The normalized spacial score (nSPS) is 10.9. The van der Waals surface area contributed by atoms with Crippen LogP contribution in [0, 0.1) is 0 Å². The highest BCUT2D eigenvalue weighted by Crippen LogP contribution is 2.37. The van der Waals surface area contributed by atoms with Crippen molar-refractivity contribution in [3.63, 3.8) is 0 Å². The Hall–Kier alpha value is -3.70. The number of nitrogens with one attached hydrogen (secondary N) is 1.